The zero-order valence-corrected chi connectivity index (χ0v) is 30.7. The number of nitrogens with zero attached hydrogens (tertiary/aromatic N) is 8. The van der Waals surface area contributed by atoms with Crippen molar-refractivity contribution < 1.29 is 27.1 Å². The van der Waals surface area contributed by atoms with Gasteiger partial charge in [0.15, 0.2) is 5.82 Å². The predicted octanol–water partition coefficient (Wildman–Crippen LogP) is 7.08. The largest absolute Gasteiger partial charge is 0.419 e. The molecule has 5 aromatic rings. The highest BCUT2D eigenvalue weighted by atomic mass is 28.3. The van der Waals surface area contributed by atoms with Crippen LogP contribution in [0.25, 0.3) is 39.4 Å². The van der Waals surface area contributed by atoms with Gasteiger partial charge in [0.2, 0.25) is 5.91 Å². The minimum absolute atomic E-state index is 0.0229. The molecule has 1 aliphatic heterocycles. The molecule has 0 N–H and O–H groups in total. The van der Waals surface area contributed by atoms with Crippen LogP contribution in [-0.4, -0.2) is 65.9 Å². The van der Waals surface area contributed by atoms with Crippen LogP contribution < -0.4 is 5.56 Å². The summed E-state index contributed by atoms with van der Waals surface area (Å²) in [5.74, 6) is -0.145. The Morgan fingerprint density at radius 1 is 1.06 bits per heavy atom. The number of rotatable bonds is 10. The summed E-state index contributed by atoms with van der Waals surface area (Å²) in [4.78, 5) is 38.1. The molecule has 0 radical (unpaired) electrons. The van der Waals surface area contributed by atoms with E-state index in [1.54, 1.807) is 22.6 Å². The van der Waals surface area contributed by atoms with Gasteiger partial charge in [-0.1, -0.05) is 25.7 Å². The Morgan fingerprint density at radius 3 is 2.48 bits per heavy atom. The van der Waals surface area contributed by atoms with Crippen molar-refractivity contribution in [3.05, 3.63) is 76.1 Å². The molecule has 11 nitrogen and oxygen atoms in total. The summed E-state index contributed by atoms with van der Waals surface area (Å²) < 4.78 is 69.7. The SMILES string of the molecule is CC(=O)N1CCC[C@@H]1c1nc2c(C(F)(F)F)cn(-c3cc(-c4ccc(F)cc4-c4nncn4C)cc(C4CC4)n3)c(=O)c2n1COCC[Si](C)(C)C. The lowest BCUT2D eigenvalue weighted by atomic mass is 9.98. The smallest absolute Gasteiger partial charge is 0.361 e. The number of halogens is 4. The summed E-state index contributed by atoms with van der Waals surface area (Å²) in [7, 11) is 0.198. The van der Waals surface area contributed by atoms with Crippen LogP contribution in [0.3, 0.4) is 0 Å². The minimum atomic E-state index is -4.90. The van der Waals surface area contributed by atoms with E-state index in [9.17, 15) is 14.0 Å². The highest BCUT2D eigenvalue weighted by molar-refractivity contribution is 6.76. The van der Waals surface area contributed by atoms with Crippen molar-refractivity contribution >= 4 is 25.0 Å². The van der Waals surface area contributed by atoms with E-state index in [2.05, 4.69) is 34.8 Å². The molecular formula is C36H40F4N8O3Si. The summed E-state index contributed by atoms with van der Waals surface area (Å²) in [6.45, 7) is 8.53. The highest BCUT2D eigenvalue weighted by Gasteiger charge is 2.40. The molecule has 2 aliphatic rings. The third-order valence-corrected chi connectivity index (χ3v) is 11.4. The maximum atomic E-state index is 15.0. The van der Waals surface area contributed by atoms with Gasteiger partial charge in [0, 0.05) is 58.6 Å². The number of likely N-dealkylation sites (tertiary alicyclic amines) is 1. The first-order valence-electron chi connectivity index (χ1n) is 17.4. The first-order valence-corrected chi connectivity index (χ1v) is 21.1. The average Bonchev–Trinajstić information content (AvgIpc) is 3.45. The summed E-state index contributed by atoms with van der Waals surface area (Å²) in [6, 6.07) is 7.73. The lowest BCUT2D eigenvalue weighted by Gasteiger charge is -2.24. The maximum Gasteiger partial charge on any atom is 0.419 e. The third-order valence-electron chi connectivity index (χ3n) is 9.73. The number of hydrogen-bond acceptors (Lipinski definition) is 7. The standard InChI is InChI=1S/C36H40F4N8O3Si/c1-21(49)46-12-6-7-29(46)34-43-31-27(36(38,39)40)18-47(35(50)32(31)48(34)20-51-13-14-52(3,4)5)30-16-23(15-28(42-30)22-8-9-22)25-11-10-24(37)17-26(25)33-44-41-19-45(33)2/h10-11,15-19,22,29H,6-9,12-14,20H2,1-5H3/t29-/m1/s1. The second-order valence-electron chi connectivity index (χ2n) is 14.9. The van der Waals surface area contributed by atoms with Crippen LogP contribution >= 0.6 is 0 Å². The molecule has 2 fully saturated rings. The molecule has 0 unspecified atom stereocenters. The van der Waals surface area contributed by atoms with Crippen LogP contribution in [0.2, 0.25) is 25.7 Å². The molecule has 1 aromatic carbocycles. The molecule has 4 aromatic heterocycles. The van der Waals surface area contributed by atoms with E-state index in [1.807, 2.05) is 6.07 Å². The second-order valence-corrected chi connectivity index (χ2v) is 20.5. The van der Waals surface area contributed by atoms with Gasteiger partial charge >= 0.3 is 6.18 Å². The molecule has 1 amide bonds. The summed E-state index contributed by atoms with van der Waals surface area (Å²) in [5.41, 5.74) is -0.570. The lowest BCUT2D eigenvalue weighted by molar-refractivity contribution is -0.136. The normalized spacial score (nSPS) is 16.7. The van der Waals surface area contributed by atoms with Crippen LogP contribution in [-0.2, 0) is 29.5 Å². The topological polar surface area (TPSA) is 113 Å². The number of hydrogen-bond donors (Lipinski definition) is 0. The van der Waals surface area contributed by atoms with E-state index < -0.39 is 42.7 Å². The van der Waals surface area contributed by atoms with Crippen molar-refractivity contribution in [3.8, 4) is 28.3 Å². The fraction of sp³-hybridized carbons (Fsp3) is 0.444. The molecule has 16 heteroatoms. The van der Waals surface area contributed by atoms with Crippen molar-refractivity contribution in [1.29, 1.82) is 0 Å². The van der Waals surface area contributed by atoms with Gasteiger partial charge in [-0.2, -0.15) is 13.2 Å². The Labute approximate surface area is 298 Å². The van der Waals surface area contributed by atoms with Gasteiger partial charge in [-0.15, -0.1) is 10.2 Å². The molecule has 1 saturated heterocycles. The van der Waals surface area contributed by atoms with Crippen molar-refractivity contribution in [2.45, 2.75) is 83.2 Å². The lowest BCUT2D eigenvalue weighted by Crippen LogP contribution is -2.31. The number of carbonyl (C=O) groups is 1. The number of imidazole rings is 1. The molecule has 1 aliphatic carbocycles. The van der Waals surface area contributed by atoms with Crippen LogP contribution in [0.15, 0.2) is 47.7 Å². The molecule has 274 valence electrons. The number of benzene rings is 1. The Balaban J connectivity index is 1.46. The number of aryl methyl sites for hydroxylation is 1. The number of fused-ring (bicyclic) bond motifs is 1. The molecule has 7 rings (SSSR count). The van der Waals surface area contributed by atoms with Crippen molar-refractivity contribution in [2.24, 2.45) is 7.05 Å². The van der Waals surface area contributed by atoms with Gasteiger partial charge in [0.25, 0.3) is 5.56 Å². The number of carbonyl (C=O) groups excluding carboxylic acids is 1. The average molecular weight is 737 g/mol. The van der Waals surface area contributed by atoms with Crippen LogP contribution in [0.4, 0.5) is 17.6 Å². The first kappa shape index (κ1) is 35.7. The van der Waals surface area contributed by atoms with Crippen LogP contribution in [0, 0.1) is 5.82 Å². The molecule has 1 atom stereocenters. The fourth-order valence-corrected chi connectivity index (χ4v) is 7.59. The van der Waals surface area contributed by atoms with Crippen molar-refractivity contribution in [2.75, 3.05) is 13.2 Å². The summed E-state index contributed by atoms with van der Waals surface area (Å²) >= 11 is 0. The van der Waals surface area contributed by atoms with Gasteiger partial charge in [-0.3, -0.25) is 18.7 Å². The monoisotopic (exact) mass is 736 g/mol. The molecule has 1 saturated carbocycles. The van der Waals surface area contributed by atoms with E-state index in [0.29, 0.717) is 54.2 Å². The highest BCUT2D eigenvalue weighted by Crippen LogP contribution is 2.43. The van der Waals surface area contributed by atoms with E-state index >= 15 is 13.2 Å². The van der Waals surface area contributed by atoms with Crippen molar-refractivity contribution in [3.63, 3.8) is 0 Å². The van der Waals surface area contributed by atoms with Gasteiger partial charge < -0.3 is 14.2 Å². The fourth-order valence-electron chi connectivity index (χ4n) is 6.83. The maximum absolute atomic E-state index is 15.0. The summed E-state index contributed by atoms with van der Waals surface area (Å²) in [5, 5.41) is 8.10. The molecule has 0 spiro atoms. The molecule has 5 heterocycles. The van der Waals surface area contributed by atoms with Crippen molar-refractivity contribution in [1.82, 2.24) is 38.8 Å². The number of pyridine rings is 2. The van der Waals surface area contributed by atoms with E-state index in [4.69, 9.17) is 9.72 Å². The Morgan fingerprint density at radius 2 is 1.83 bits per heavy atom. The van der Waals surface area contributed by atoms with Gasteiger partial charge in [0.1, 0.15) is 47.1 Å². The first-order chi connectivity index (χ1) is 24.6. The summed E-state index contributed by atoms with van der Waals surface area (Å²) in [6.07, 6.45) is 0.121. The molecular weight excluding hydrogens is 697 g/mol. The Hall–Kier alpha value is -4.70. The van der Waals surface area contributed by atoms with Gasteiger partial charge in [-0.05, 0) is 67.1 Å². The second kappa shape index (κ2) is 13.4. The Bertz CT molecular complexity index is 2240. The Kier molecular flexibility index (Phi) is 9.17. The van der Waals surface area contributed by atoms with Crippen LogP contribution in [0.5, 0.6) is 0 Å². The van der Waals surface area contributed by atoms with Gasteiger partial charge in [-0.25, -0.2) is 14.4 Å². The molecule has 52 heavy (non-hydrogen) atoms. The third kappa shape index (κ3) is 6.92. The van der Waals surface area contributed by atoms with Gasteiger partial charge in [0.05, 0.1) is 6.04 Å². The minimum Gasteiger partial charge on any atom is -0.361 e. The van der Waals surface area contributed by atoms with E-state index in [-0.39, 0.29) is 35.7 Å². The quantitative estimate of drug-likeness (QED) is 0.0856. The van der Waals surface area contributed by atoms with E-state index in [1.165, 1.54) is 36.0 Å². The zero-order valence-electron chi connectivity index (χ0n) is 29.7. The number of aromatic nitrogens is 7. The van der Waals surface area contributed by atoms with Crippen LogP contribution in [0.1, 0.15) is 61.6 Å². The van der Waals surface area contributed by atoms with E-state index in [0.717, 1.165) is 29.6 Å². The number of alkyl halides is 3. The zero-order chi connectivity index (χ0) is 37.1. The number of amides is 1. The number of ether oxygens (including phenoxy) is 1. The predicted molar refractivity (Wildman–Crippen MR) is 189 cm³/mol. The molecule has 0 bridgehead atoms.